The average molecular weight is 565 g/mol. The minimum atomic E-state index is -0.447. The van der Waals surface area contributed by atoms with Crippen molar-refractivity contribution >= 4 is 40.8 Å². The van der Waals surface area contributed by atoms with E-state index in [1.165, 1.54) is 7.11 Å². The molecule has 5 rings (SSSR count). The standard InChI is InChI=1S/C30H26Cl2N2O5/c1-17(2)28-23(27(33-39-28)26-24(31)8-5-9-25(26)32)16-38-21-10-11-22-18(15-21)12-13-34(29(22)35)20-7-4-6-19(14-20)30(36)37-3/h4-11,14-15,17H,12-13,16H2,1-3H3. The maximum absolute atomic E-state index is 13.3. The highest BCUT2D eigenvalue weighted by molar-refractivity contribution is 6.39. The van der Waals surface area contributed by atoms with Crippen LogP contribution in [0, 0.1) is 0 Å². The number of fused-ring (bicyclic) bond motifs is 1. The first kappa shape index (κ1) is 26.8. The number of ether oxygens (including phenoxy) is 2. The number of hydrogen-bond acceptors (Lipinski definition) is 6. The van der Waals surface area contributed by atoms with Crippen LogP contribution in [0.1, 0.15) is 57.4 Å². The largest absolute Gasteiger partial charge is 0.489 e. The molecule has 1 aliphatic heterocycles. The van der Waals surface area contributed by atoms with Gasteiger partial charge in [0.2, 0.25) is 0 Å². The molecular formula is C30H26Cl2N2O5. The molecule has 1 aliphatic rings. The van der Waals surface area contributed by atoms with Crippen molar-refractivity contribution in [1.29, 1.82) is 0 Å². The molecule has 1 aromatic heterocycles. The summed E-state index contributed by atoms with van der Waals surface area (Å²) in [6.45, 7) is 4.68. The zero-order valence-electron chi connectivity index (χ0n) is 21.7. The SMILES string of the molecule is COC(=O)c1cccc(N2CCc3cc(OCc4c(-c5c(Cl)cccc5Cl)noc4C(C)C)ccc3C2=O)c1. The lowest BCUT2D eigenvalue weighted by Gasteiger charge is -2.29. The summed E-state index contributed by atoms with van der Waals surface area (Å²) in [5.41, 5.74) is 4.44. The molecule has 0 unspecified atom stereocenters. The van der Waals surface area contributed by atoms with Crippen LogP contribution in [0.25, 0.3) is 11.3 Å². The molecule has 1 amide bonds. The molecule has 3 aromatic carbocycles. The minimum absolute atomic E-state index is 0.0657. The van der Waals surface area contributed by atoms with Crippen LogP contribution in [-0.4, -0.2) is 30.7 Å². The van der Waals surface area contributed by atoms with Gasteiger partial charge in [0.1, 0.15) is 23.8 Å². The molecule has 0 atom stereocenters. The molecular weight excluding hydrogens is 539 g/mol. The van der Waals surface area contributed by atoms with E-state index in [0.29, 0.717) is 62.6 Å². The lowest BCUT2D eigenvalue weighted by Crippen LogP contribution is -2.37. The Kier molecular flexibility index (Phi) is 7.64. The molecule has 0 radical (unpaired) electrons. The smallest absolute Gasteiger partial charge is 0.337 e. The van der Waals surface area contributed by atoms with E-state index in [4.69, 9.17) is 37.2 Å². The molecule has 2 heterocycles. The molecule has 39 heavy (non-hydrogen) atoms. The first-order valence-corrected chi connectivity index (χ1v) is 13.2. The Hall–Kier alpha value is -3.81. The van der Waals surface area contributed by atoms with Crippen LogP contribution >= 0.6 is 23.2 Å². The molecule has 0 spiro atoms. The number of carbonyl (C=O) groups excluding carboxylic acids is 2. The van der Waals surface area contributed by atoms with Crippen LogP contribution in [0.2, 0.25) is 10.0 Å². The lowest BCUT2D eigenvalue weighted by molar-refractivity contribution is 0.0600. The van der Waals surface area contributed by atoms with Gasteiger partial charge in [-0.1, -0.05) is 54.3 Å². The molecule has 4 aromatic rings. The van der Waals surface area contributed by atoms with E-state index in [1.807, 2.05) is 19.9 Å². The van der Waals surface area contributed by atoms with Crippen molar-refractivity contribution in [3.05, 3.63) is 98.7 Å². The number of methoxy groups -OCH3 is 1. The average Bonchev–Trinajstić information content (AvgIpc) is 3.35. The zero-order valence-corrected chi connectivity index (χ0v) is 23.2. The van der Waals surface area contributed by atoms with E-state index in [2.05, 4.69) is 5.16 Å². The molecule has 9 heteroatoms. The number of hydrogen-bond donors (Lipinski definition) is 0. The van der Waals surface area contributed by atoms with Gasteiger partial charge >= 0.3 is 5.97 Å². The number of esters is 1. The highest BCUT2D eigenvalue weighted by Gasteiger charge is 2.27. The van der Waals surface area contributed by atoms with Gasteiger partial charge < -0.3 is 18.9 Å². The lowest BCUT2D eigenvalue weighted by atomic mass is 9.98. The van der Waals surface area contributed by atoms with Gasteiger partial charge in [0.15, 0.2) is 0 Å². The van der Waals surface area contributed by atoms with E-state index in [-0.39, 0.29) is 18.4 Å². The zero-order chi connectivity index (χ0) is 27.7. The third kappa shape index (κ3) is 5.24. The second kappa shape index (κ2) is 11.1. The van der Waals surface area contributed by atoms with Crippen molar-refractivity contribution < 1.29 is 23.6 Å². The number of nitrogens with zero attached hydrogens (tertiary/aromatic N) is 2. The monoisotopic (exact) mass is 564 g/mol. The van der Waals surface area contributed by atoms with Crippen molar-refractivity contribution in [3.8, 4) is 17.0 Å². The minimum Gasteiger partial charge on any atom is -0.489 e. The number of anilines is 1. The fourth-order valence-corrected chi connectivity index (χ4v) is 5.29. The Morgan fingerprint density at radius 1 is 1.08 bits per heavy atom. The first-order valence-electron chi connectivity index (χ1n) is 12.5. The van der Waals surface area contributed by atoms with Crippen molar-refractivity contribution in [2.24, 2.45) is 0 Å². The van der Waals surface area contributed by atoms with Crippen LogP contribution < -0.4 is 9.64 Å². The summed E-state index contributed by atoms with van der Waals surface area (Å²) < 4.78 is 16.7. The molecule has 200 valence electrons. The molecule has 0 saturated carbocycles. The summed E-state index contributed by atoms with van der Waals surface area (Å²) >= 11 is 12.9. The van der Waals surface area contributed by atoms with Gasteiger partial charge in [-0.3, -0.25) is 4.79 Å². The van der Waals surface area contributed by atoms with E-state index in [0.717, 1.165) is 11.1 Å². The number of benzene rings is 3. The second-order valence-corrected chi connectivity index (χ2v) is 10.3. The molecule has 0 saturated heterocycles. The third-order valence-electron chi connectivity index (χ3n) is 6.66. The van der Waals surface area contributed by atoms with Crippen LogP contribution in [0.5, 0.6) is 5.75 Å². The maximum Gasteiger partial charge on any atom is 0.337 e. The summed E-state index contributed by atoms with van der Waals surface area (Å²) in [6, 6.07) is 17.6. The highest BCUT2D eigenvalue weighted by atomic mass is 35.5. The van der Waals surface area contributed by atoms with Gasteiger partial charge in [-0.25, -0.2) is 4.79 Å². The topological polar surface area (TPSA) is 81.9 Å². The quantitative estimate of drug-likeness (QED) is 0.218. The first-order chi connectivity index (χ1) is 18.8. The maximum atomic E-state index is 13.3. The van der Waals surface area contributed by atoms with Gasteiger partial charge in [-0.2, -0.15) is 0 Å². The van der Waals surface area contributed by atoms with Crippen LogP contribution in [-0.2, 0) is 17.8 Å². The summed E-state index contributed by atoms with van der Waals surface area (Å²) in [6.07, 6.45) is 0.631. The third-order valence-corrected chi connectivity index (χ3v) is 7.29. The molecule has 0 fully saturated rings. The molecule has 0 N–H and O–H groups in total. The molecule has 7 nitrogen and oxygen atoms in total. The number of carbonyl (C=O) groups is 2. The second-order valence-electron chi connectivity index (χ2n) is 9.48. The number of rotatable bonds is 7. The van der Waals surface area contributed by atoms with Crippen LogP contribution in [0.4, 0.5) is 5.69 Å². The number of aromatic nitrogens is 1. The van der Waals surface area contributed by atoms with Crippen molar-refractivity contribution in [2.75, 3.05) is 18.6 Å². The van der Waals surface area contributed by atoms with Crippen LogP contribution in [0.15, 0.2) is 65.2 Å². The van der Waals surface area contributed by atoms with Gasteiger partial charge in [-0.05, 0) is 60.5 Å². The van der Waals surface area contributed by atoms with Gasteiger partial charge in [-0.15, -0.1) is 0 Å². The molecule has 0 aliphatic carbocycles. The van der Waals surface area contributed by atoms with Crippen molar-refractivity contribution in [3.63, 3.8) is 0 Å². The van der Waals surface area contributed by atoms with Gasteiger partial charge in [0, 0.05) is 29.3 Å². The van der Waals surface area contributed by atoms with E-state index in [9.17, 15) is 9.59 Å². The van der Waals surface area contributed by atoms with E-state index >= 15 is 0 Å². The Balaban J connectivity index is 1.38. The number of amides is 1. The Labute approximate surface area is 236 Å². The molecule has 0 bridgehead atoms. The summed E-state index contributed by atoms with van der Waals surface area (Å²) in [5, 5.41) is 5.23. The predicted molar refractivity (Wildman–Crippen MR) is 150 cm³/mol. The van der Waals surface area contributed by atoms with Gasteiger partial charge in [0.25, 0.3) is 5.91 Å². The van der Waals surface area contributed by atoms with E-state index < -0.39 is 5.97 Å². The number of halogens is 2. The van der Waals surface area contributed by atoms with Gasteiger partial charge in [0.05, 0.1) is 28.3 Å². The fraction of sp³-hybridized carbons (Fsp3) is 0.233. The van der Waals surface area contributed by atoms with E-state index in [1.54, 1.807) is 59.5 Å². The Morgan fingerprint density at radius 3 is 2.54 bits per heavy atom. The normalized spacial score (nSPS) is 13.0. The summed E-state index contributed by atoms with van der Waals surface area (Å²) in [4.78, 5) is 26.9. The fourth-order valence-electron chi connectivity index (χ4n) is 4.71. The van der Waals surface area contributed by atoms with Crippen LogP contribution in [0.3, 0.4) is 0 Å². The predicted octanol–water partition coefficient (Wildman–Crippen LogP) is 7.34. The Morgan fingerprint density at radius 2 is 1.82 bits per heavy atom. The highest BCUT2D eigenvalue weighted by Crippen LogP contribution is 2.39. The Bertz CT molecular complexity index is 1540. The van der Waals surface area contributed by atoms with Crippen molar-refractivity contribution in [2.45, 2.75) is 32.8 Å². The summed E-state index contributed by atoms with van der Waals surface area (Å²) in [5.74, 6) is 0.795. The van der Waals surface area contributed by atoms with Crippen molar-refractivity contribution in [1.82, 2.24) is 5.16 Å². The summed E-state index contributed by atoms with van der Waals surface area (Å²) in [7, 11) is 1.33.